The van der Waals surface area contributed by atoms with E-state index >= 15 is 0 Å². The molecule has 0 aliphatic carbocycles. The third kappa shape index (κ3) is 4.27. The Balaban J connectivity index is 1.67. The van der Waals surface area contributed by atoms with Crippen LogP contribution in [0, 0.1) is 0 Å². The molecule has 2 aromatic carbocycles. The molecular formula is C20H17F2NO3. The van der Waals surface area contributed by atoms with Crippen LogP contribution in [0.1, 0.15) is 24.3 Å². The van der Waals surface area contributed by atoms with Crippen molar-refractivity contribution in [3.63, 3.8) is 0 Å². The molecule has 1 unspecified atom stereocenters. The molecule has 134 valence electrons. The molecule has 0 saturated heterocycles. The number of halogens is 2. The number of carbonyl (C=O) groups excluding carboxylic acids is 1. The van der Waals surface area contributed by atoms with E-state index in [0.717, 1.165) is 11.0 Å². The lowest BCUT2D eigenvalue weighted by molar-refractivity contribution is -0.117. The molecule has 3 rings (SSSR count). The number of hydrogen-bond acceptors (Lipinski definition) is 3. The summed E-state index contributed by atoms with van der Waals surface area (Å²) in [5, 5.41) is 3.73. The lowest BCUT2D eigenvalue weighted by Gasteiger charge is -2.10. The van der Waals surface area contributed by atoms with Crippen LogP contribution in [0.4, 0.5) is 8.78 Å². The van der Waals surface area contributed by atoms with Crippen LogP contribution in [0.3, 0.4) is 0 Å². The first-order valence-corrected chi connectivity index (χ1v) is 8.04. The van der Waals surface area contributed by atoms with Crippen LogP contribution in [0.25, 0.3) is 17.0 Å². The SMILES string of the molecule is CC(NC(=O)/C=C/c1ccccc1OC(F)F)c1cc2ccccc2o1. The van der Waals surface area contributed by atoms with Crippen molar-refractivity contribution in [3.8, 4) is 5.75 Å². The number of alkyl halides is 2. The second kappa shape index (κ2) is 7.82. The van der Waals surface area contributed by atoms with Gasteiger partial charge in [-0.3, -0.25) is 4.79 Å². The first kappa shape index (κ1) is 17.7. The normalized spacial score (nSPS) is 12.6. The molecule has 0 aliphatic heterocycles. The zero-order valence-electron chi connectivity index (χ0n) is 14.0. The summed E-state index contributed by atoms with van der Waals surface area (Å²) in [4.78, 5) is 12.1. The molecule has 0 aliphatic rings. The van der Waals surface area contributed by atoms with Crippen molar-refractivity contribution in [2.24, 2.45) is 0 Å². The second-order valence-electron chi connectivity index (χ2n) is 5.67. The molecule has 0 radical (unpaired) electrons. The molecule has 1 amide bonds. The molecule has 1 N–H and O–H groups in total. The average Bonchev–Trinajstić information content (AvgIpc) is 3.05. The van der Waals surface area contributed by atoms with Gasteiger partial charge in [-0.1, -0.05) is 36.4 Å². The predicted octanol–water partition coefficient (Wildman–Crippen LogP) is 4.92. The van der Waals surface area contributed by atoms with Gasteiger partial charge in [0, 0.05) is 17.0 Å². The molecule has 0 spiro atoms. The van der Waals surface area contributed by atoms with E-state index in [0.29, 0.717) is 11.3 Å². The summed E-state index contributed by atoms with van der Waals surface area (Å²) in [6, 6.07) is 15.4. The topological polar surface area (TPSA) is 51.5 Å². The summed E-state index contributed by atoms with van der Waals surface area (Å²) >= 11 is 0. The zero-order valence-corrected chi connectivity index (χ0v) is 14.0. The minimum atomic E-state index is -2.92. The molecule has 1 heterocycles. The van der Waals surface area contributed by atoms with Gasteiger partial charge in [0.1, 0.15) is 17.1 Å². The van der Waals surface area contributed by atoms with Crippen molar-refractivity contribution < 1.29 is 22.7 Å². The summed E-state index contributed by atoms with van der Waals surface area (Å²) < 4.78 is 35.0. The molecule has 0 fully saturated rings. The van der Waals surface area contributed by atoms with Gasteiger partial charge in [-0.2, -0.15) is 8.78 Å². The maximum absolute atomic E-state index is 12.4. The Kier molecular flexibility index (Phi) is 5.31. The number of rotatable bonds is 6. The second-order valence-corrected chi connectivity index (χ2v) is 5.67. The number of furan rings is 1. The average molecular weight is 357 g/mol. The molecule has 6 heteroatoms. The van der Waals surface area contributed by atoms with Gasteiger partial charge in [0.05, 0.1) is 6.04 Å². The van der Waals surface area contributed by atoms with Crippen LogP contribution in [-0.4, -0.2) is 12.5 Å². The van der Waals surface area contributed by atoms with Crippen LogP contribution >= 0.6 is 0 Å². The monoisotopic (exact) mass is 357 g/mol. The minimum absolute atomic E-state index is 0.0110. The minimum Gasteiger partial charge on any atom is -0.459 e. The fraction of sp³-hybridized carbons (Fsp3) is 0.150. The van der Waals surface area contributed by atoms with E-state index < -0.39 is 6.61 Å². The van der Waals surface area contributed by atoms with Crippen molar-refractivity contribution >= 4 is 23.0 Å². The Hall–Kier alpha value is -3.15. The van der Waals surface area contributed by atoms with Gasteiger partial charge in [-0.05, 0) is 31.2 Å². The smallest absolute Gasteiger partial charge is 0.387 e. The molecular weight excluding hydrogens is 340 g/mol. The predicted molar refractivity (Wildman–Crippen MR) is 94.9 cm³/mol. The molecule has 1 atom stereocenters. The molecule has 26 heavy (non-hydrogen) atoms. The third-order valence-corrected chi connectivity index (χ3v) is 3.78. The number of benzene rings is 2. The van der Waals surface area contributed by atoms with E-state index in [-0.39, 0.29) is 17.7 Å². The quantitative estimate of drug-likeness (QED) is 0.637. The Labute approximate surface area is 149 Å². The Morgan fingerprint density at radius 2 is 1.88 bits per heavy atom. The van der Waals surface area contributed by atoms with E-state index in [4.69, 9.17) is 4.42 Å². The van der Waals surface area contributed by atoms with Gasteiger partial charge in [-0.15, -0.1) is 0 Å². The summed E-state index contributed by atoms with van der Waals surface area (Å²) in [5.41, 5.74) is 1.14. The highest BCUT2D eigenvalue weighted by Gasteiger charge is 2.13. The molecule has 0 bridgehead atoms. The molecule has 3 aromatic rings. The Bertz CT molecular complexity index is 900. The zero-order chi connectivity index (χ0) is 18.5. The number of carbonyl (C=O) groups is 1. The van der Waals surface area contributed by atoms with Gasteiger partial charge in [0.2, 0.25) is 5.91 Å². The summed E-state index contributed by atoms with van der Waals surface area (Å²) in [6.45, 7) is -1.12. The van der Waals surface area contributed by atoms with Crippen molar-refractivity contribution in [2.75, 3.05) is 0 Å². The van der Waals surface area contributed by atoms with Gasteiger partial charge >= 0.3 is 6.61 Å². The summed E-state index contributed by atoms with van der Waals surface area (Å²) in [5.74, 6) is 0.274. The molecule has 1 aromatic heterocycles. The van der Waals surface area contributed by atoms with Crippen molar-refractivity contribution in [3.05, 3.63) is 72.0 Å². The lowest BCUT2D eigenvalue weighted by Crippen LogP contribution is -2.24. The van der Waals surface area contributed by atoms with E-state index in [1.807, 2.05) is 30.3 Å². The standard InChI is InChI=1S/C20H17F2NO3/c1-13(18-12-15-7-3-5-9-17(15)25-18)23-19(24)11-10-14-6-2-4-8-16(14)26-20(21)22/h2-13,20H,1H3,(H,23,24)/b11-10+. The fourth-order valence-corrected chi connectivity index (χ4v) is 2.54. The summed E-state index contributed by atoms with van der Waals surface area (Å²) in [7, 11) is 0. The number of amides is 1. The number of ether oxygens (including phenoxy) is 1. The van der Waals surface area contributed by atoms with E-state index in [1.54, 1.807) is 25.1 Å². The van der Waals surface area contributed by atoms with E-state index in [1.165, 1.54) is 18.2 Å². The van der Waals surface area contributed by atoms with Crippen LogP contribution in [0.15, 0.2) is 65.1 Å². The number of hydrogen-bond donors (Lipinski definition) is 1. The highest BCUT2D eigenvalue weighted by Crippen LogP contribution is 2.24. The van der Waals surface area contributed by atoms with Crippen LogP contribution in [0.5, 0.6) is 5.75 Å². The molecule has 0 saturated carbocycles. The lowest BCUT2D eigenvalue weighted by atomic mass is 10.2. The van der Waals surface area contributed by atoms with Gasteiger partial charge in [-0.25, -0.2) is 0 Å². The van der Waals surface area contributed by atoms with Crippen molar-refractivity contribution in [1.29, 1.82) is 0 Å². The first-order valence-electron chi connectivity index (χ1n) is 8.04. The highest BCUT2D eigenvalue weighted by molar-refractivity contribution is 5.92. The summed E-state index contributed by atoms with van der Waals surface area (Å²) in [6.07, 6.45) is 2.70. The highest BCUT2D eigenvalue weighted by atomic mass is 19.3. The number of para-hydroxylation sites is 2. The van der Waals surface area contributed by atoms with Crippen LogP contribution in [-0.2, 0) is 4.79 Å². The Morgan fingerprint density at radius 1 is 1.15 bits per heavy atom. The number of nitrogens with one attached hydrogen (secondary N) is 1. The Morgan fingerprint density at radius 3 is 2.65 bits per heavy atom. The van der Waals surface area contributed by atoms with Gasteiger partial charge < -0.3 is 14.5 Å². The third-order valence-electron chi connectivity index (χ3n) is 3.78. The maximum Gasteiger partial charge on any atom is 0.387 e. The van der Waals surface area contributed by atoms with Crippen molar-refractivity contribution in [1.82, 2.24) is 5.32 Å². The maximum atomic E-state index is 12.4. The first-order chi connectivity index (χ1) is 12.5. The largest absolute Gasteiger partial charge is 0.459 e. The van der Waals surface area contributed by atoms with Gasteiger partial charge in [0.25, 0.3) is 0 Å². The molecule has 4 nitrogen and oxygen atoms in total. The number of fused-ring (bicyclic) bond motifs is 1. The van der Waals surface area contributed by atoms with Crippen LogP contribution in [0.2, 0.25) is 0 Å². The van der Waals surface area contributed by atoms with E-state index in [2.05, 4.69) is 10.1 Å². The van der Waals surface area contributed by atoms with Crippen molar-refractivity contribution in [2.45, 2.75) is 19.6 Å². The van der Waals surface area contributed by atoms with E-state index in [9.17, 15) is 13.6 Å². The van der Waals surface area contributed by atoms with Crippen LogP contribution < -0.4 is 10.1 Å². The fourth-order valence-electron chi connectivity index (χ4n) is 2.54. The van der Waals surface area contributed by atoms with Gasteiger partial charge in [0.15, 0.2) is 0 Å².